The third-order valence-electron chi connectivity index (χ3n) is 9.03. The Labute approximate surface area is 265 Å². The molecule has 0 aliphatic heterocycles. The lowest BCUT2D eigenvalue weighted by atomic mass is 9.96. The van der Waals surface area contributed by atoms with E-state index in [2.05, 4.69) is 155 Å². The number of pyridine rings is 1. The second-order valence-electron chi connectivity index (χ2n) is 11.6. The number of fused-ring (bicyclic) bond motifs is 6. The number of rotatable bonds is 4. The van der Waals surface area contributed by atoms with Gasteiger partial charge in [0.2, 0.25) is 0 Å². The molecule has 0 N–H and O–H groups in total. The molecule has 214 valence electrons. The molecule has 0 radical (unpaired) electrons. The van der Waals surface area contributed by atoms with Crippen molar-refractivity contribution in [2.75, 3.05) is 0 Å². The van der Waals surface area contributed by atoms with Crippen molar-refractivity contribution in [1.82, 2.24) is 14.1 Å². The van der Waals surface area contributed by atoms with Crippen LogP contribution in [0.5, 0.6) is 0 Å². The van der Waals surface area contributed by atoms with Crippen molar-refractivity contribution < 1.29 is 0 Å². The lowest BCUT2D eigenvalue weighted by Gasteiger charge is -2.12. The first-order chi connectivity index (χ1) is 22.8. The zero-order chi connectivity index (χ0) is 30.6. The van der Waals surface area contributed by atoms with Gasteiger partial charge in [0.1, 0.15) is 5.82 Å². The van der Waals surface area contributed by atoms with Crippen LogP contribution >= 0.6 is 0 Å². The third-order valence-corrected chi connectivity index (χ3v) is 9.03. The number of benzene rings is 6. The van der Waals surface area contributed by atoms with Crippen molar-refractivity contribution in [3.05, 3.63) is 163 Å². The van der Waals surface area contributed by atoms with Gasteiger partial charge in [-0.2, -0.15) is 5.26 Å². The molecular formula is C42H26N4. The van der Waals surface area contributed by atoms with Gasteiger partial charge in [-0.1, -0.05) is 97.1 Å². The van der Waals surface area contributed by atoms with Gasteiger partial charge in [0.05, 0.1) is 33.7 Å². The van der Waals surface area contributed by atoms with Gasteiger partial charge in [0.25, 0.3) is 0 Å². The first-order valence-electron chi connectivity index (χ1n) is 15.4. The highest BCUT2D eigenvalue weighted by Gasteiger charge is 2.15. The quantitative estimate of drug-likeness (QED) is 0.206. The number of nitriles is 1. The van der Waals surface area contributed by atoms with E-state index in [0.717, 1.165) is 55.8 Å². The van der Waals surface area contributed by atoms with Crippen LogP contribution in [-0.4, -0.2) is 14.1 Å². The highest BCUT2D eigenvalue weighted by atomic mass is 15.1. The summed E-state index contributed by atoms with van der Waals surface area (Å²) in [4.78, 5) is 4.93. The van der Waals surface area contributed by atoms with E-state index in [1.165, 1.54) is 21.5 Å². The number of hydrogen-bond acceptors (Lipinski definition) is 2. The fourth-order valence-corrected chi connectivity index (χ4v) is 6.94. The monoisotopic (exact) mass is 586 g/mol. The summed E-state index contributed by atoms with van der Waals surface area (Å²) in [5.41, 5.74) is 10.1. The minimum absolute atomic E-state index is 0.636. The predicted molar refractivity (Wildman–Crippen MR) is 189 cm³/mol. The standard InChI is InChI=1S/C42H26N4/c43-26-31-25-32(45-38-16-5-1-12-34(38)35-13-2-6-17-39(35)45)21-22-33(31)29-11-9-10-28(24-29)30-20-23-42(44-27-30)46-40-18-7-3-14-36(40)37-15-4-8-19-41(37)46/h1-25,27H. The van der Waals surface area contributed by atoms with Gasteiger partial charge in [0.15, 0.2) is 0 Å². The molecule has 9 aromatic rings. The van der Waals surface area contributed by atoms with Crippen LogP contribution in [0, 0.1) is 11.3 Å². The summed E-state index contributed by atoms with van der Waals surface area (Å²) in [5.74, 6) is 0.879. The van der Waals surface area contributed by atoms with E-state index < -0.39 is 0 Å². The second-order valence-corrected chi connectivity index (χ2v) is 11.6. The van der Waals surface area contributed by atoms with Crippen LogP contribution in [0.25, 0.3) is 77.4 Å². The Morgan fingerprint density at radius 3 is 1.54 bits per heavy atom. The molecule has 4 heteroatoms. The molecule has 0 saturated carbocycles. The molecule has 6 aromatic carbocycles. The van der Waals surface area contributed by atoms with Crippen molar-refractivity contribution in [2.45, 2.75) is 0 Å². The zero-order valence-electron chi connectivity index (χ0n) is 24.8. The largest absolute Gasteiger partial charge is 0.309 e. The summed E-state index contributed by atoms with van der Waals surface area (Å²) in [6.07, 6.45) is 1.94. The maximum Gasteiger partial charge on any atom is 0.137 e. The number of nitrogens with zero attached hydrogens (tertiary/aromatic N) is 4. The van der Waals surface area contributed by atoms with Crippen molar-refractivity contribution in [3.63, 3.8) is 0 Å². The van der Waals surface area contributed by atoms with Gasteiger partial charge in [-0.25, -0.2) is 4.98 Å². The Hall–Kier alpha value is -6.44. The molecule has 0 unspecified atom stereocenters. The average Bonchev–Trinajstić information content (AvgIpc) is 3.65. The van der Waals surface area contributed by atoms with Crippen LogP contribution in [0.1, 0.15) is 5.56 Å². The van der Waals surface area contributed by atoms with Gasteiger partial charge in [-0.15, -0.1) is 0 Å². The Balaban J connectivity index is 1.10. The van der Waals surface area contributed by atoms with E-state index in [-0.39, 0.29) is 0 Å². The molecule has 46 heavy (non-hydrogen) atoms. The molecule has 0 amide bonds. The molecule has 0 saturated heterocycles. The normalized spacial score (nSPS) is 11.5. The van der Waals surface area contributed by atoms with Gasteiger partial charge < -0.3 is 4.57 Å². The zero-order valence-corrected chi connectivity index (χ0v) is 24.8. The summed E-state index contributed by atoms with van der Waals surface area (Å²) >= 11 is 0. The van der Waals surface area contributed by atoms with E-state index >= 15 is 0 Å². The van der Waals surface area contributed by atoms with Gasteiger partial charge in [0, 0.05) is 39.0 Å². The lowest BCUT2D eigenvalue weighted by Crippen LogP contribution is -1.97. The molecule has 3 heterocycles. The Kier molecular flexibility index (Phi) is 5.84. The predicted octanol–water partition coefficient (Wildman–Crippen LogP) is 10.5. The lowest BCUT2D eigenvalue weighted by molar-refractivity contribution is 1.08. The molecule has 3 aromatic heterocycles. The van der Waals surface area contributed by atoms with Crippen molar-refractivity contribution in [1.29, 1.82) is 5.26 Å². The molecule has 0 spiro atoms. The summed E-state index contributed by atoms with van der Waals surface area (Å²) in [7, 11) is 0. The first kappa shape index (κ1) is 26.0. The number of aromatic nitrogens is 3. The summed E-state index contributed by atoms with van der Waals surface area (Å²) < 4.78 is 4.47. The summed E-state index contributed by atoms with van der Waals surface area (Å²) in [5, 5.41) is 15.1. The molecule has 0 bridgehead atoms. The fraction of sp³-hybridized carbons (Fsp3) is 0. The Bertz CT molecular complexity index is 2540. The van der Waals surface area contributed by atoms with E-state index in [9.17, 15) is 5.26 Å². The van der Waals surface area contributed by atoms with Crippen LogP contribution in [0.15, 0.2) is 158 Å². The summed E-state index contributed by atoms with van der Waals surface area (Å²) in [6.45, 7) is 0. The number of hydrogen-bond donors (Lipinski definition) is 0. The molecule has 0 atom stereocenters. The minimum atomic E-state index is 0.636. The highest BCUT2D eigenvalue weighted by molar-refractivity contribution is 6.10. The fourth-order valence-electron chi connectivity index (χ4n) is 6.94. The van der Waals surface area contributed by atoms with Gasteiger partial charge >= 0.3 is 0 Å². The number of para-hydroxylation sites is 4. The first-order valence-corrected chi connectivity index (χ1v) is 15.4. The minimum Gasteiger partial charge on any atom is -0.309 e. The smallest absolute Gasteiger partial charge is 0.137 e. The van der Waals surface area contributed by atoms with Crippen molar-refractivity contribution in [3.8, 4) is 39.8 Å². The molecule has 9 rings (SSSR count). The highest BCUT2D eigenvalue weighted by Crippen LogP contribution is 2.35. The van der Waals surface area contributed by atoms with E-state index in [1.54, 1.807) is 0 Å². The van der Waals surface area contributed by atoms with E-state index in [0.29, 0.717) is 5.56 Å². The summed E-state index contributed by atoms with van der Waals surface area (Å²) in [6, 6.07) is 55.0. The van der Waals surface area contributed by atoms with Crippen LogP contribution in [-0.2, 0) is 0 Å². The molecular weight excluding hydrogens is 560 g/mol. The molecule has 0 fully saturated rings. The van der Waals surface area contributed by atoms with E-state index in [1.807, 2.05) is 18.3 Å². The van der Waals surface area contributed by atoms with Crippen molar-refractivity contribution >= 4 is 43.6 Å². The Morgan fingerprint density at radius 2 is 1.00 bits per heavy atom. The maximum atomic E-state index is 10.3. The van der Waals surface area contributed by atoms with Crippen LogP contribution in [0.2, 0.25) is 0 Å². The third kappa shape index (κ3) is 3.96. The second kappa shape index (κ2) is 10.3. The van der Waals surface area contributed by atoms with Crippen LogP contribution in [0.3, 0.4) is 0 Å². The molecule has 4 nitrogen and oxygen atoms in total. The average molecular weight is 587 g/mol. The molecule has 0 aliphatic carbocycles. The maximum absolute atomic E-state index is 10.3. The van der Waals surface area contributed by atoms with Crippen molar-refractivity contribution in [2.24, 2.45) is 0 Å². The SMILES string of the molecule is N#Cc1cc(-n2c3ccccc3c3ccccc32)ccc1-c1cccc(-c2ccc(-n3c4ccccc4c4ccccc43)nc2)c1. The molecule has 0 aliphatic rings. The van der Waals surface area contributed by atoms with Gasteiger partial charge in [-0.3, -0.25) is 4.57 Å². The van der Waals surface area contributed by atoms with Crippen LogP contribution in [0.4, 0.5) is 0 Å². The van der Waals surface area contributed by atoms with Gasteiger partial charge in [-0.05, 0) is 71.3 Å². The van der Waals surface area contributed by atoms with Crippen LogP contribution < -0.4 is 0 Å². The topological polar surface area (TPSA) is 46.5 Å². The Morgan fingerprint density at radius 1 is 0.457 bits per heavy atom. The van der Waals surface area contributed by atoms with E-state index in [4.69, 9.17) is 4.98 Å².